The maximum atomic E-state index is 5.90. The van der Waals surface area contributed by atoms with Crippen LogP contribution in [-0.4, -0.2) is 4.99 Å². The monoisotopic (exact) mass is 367 g/mol. The number of thiocarbonyl (C=S) groups is 1. The van der Waals surface area contributed by atoms with Gasteiger partial charge in [0.15, 0.2) is 0 Å². The average Bonchev–Trinajstić information content (AvgIpc) is 2.67. The first-order valence-electron chi connectivity index (χ1n) is 8.00. The molecule has 0 saturated heterocycles. The molecule has 0 aliphatic rings. The van der Waals surface area contributed by atoms with Crippen molar-refractivity contribution in [3.63, 3.8) is 0 Å². The summed E-state index contributed by atoms with van der Waals surface area (Å²) < 4.78 is 5.86. The minimum Gasteiger partial charge on any atom is -0.489 e. The molecule has 4 heteroatoms. The topological polar surface area (TPSA) is 21.3 Å². The van der Waals surface area contributed by atoms with Crippen molar-refractivity contribution < 1.29 is 4.74 Å². The zero-order valence-corrected chi connectivity index (χ0v) is 15.2. The van der Waals surface area contributed by atoms with E-state index >= 15 is 0 Å². The summed E-state index contributed by atoms with van der Waals surface area (Å²) in [4.78, 5) is 0.709. The Bertz CT molecular complexity index is 834. The van der Waals surface area contributed by atoms with E-state index in [1.807, 2.05) is 66.7 Å². The normalized spacial score (nSPS) is 10.3. The molecule has 0 spiro atoms. The molecule has 0 radical (unpaired) electrons. The second-order valence-electron chi connectivity index (χ2n) is 5.61. The van der Waals surface area contributed by atoms with Gasteiger partial charge in [-0.3, -0.25) is 0 Å². The van der Waals surface area contributed by atoms with Crippen molar-refractivity contribution in [2.75, 3.05) is 0 Å². The lowest BCUT2D eigenvalue weighted by Gasteiger charge is -2.11. The molecule has 1 N–H and O–H groups in total. The molecule has 0 unspecified atom stereocenters. The maximum absolute atomic E-state index is 5.90. The first-order chi connectivity index (χ1) is 12.2. The predicted molar refractivity (Wildman–Crippen MR) is 107 cm³/mol. The summed E-state index contributed by atoms with van der Waals surface area (Å²) in [6.07, 6.45) is 0. The number of hydrogen-bond acceptors (Lipinski definition) is 2. The molecule has 25 heavy (non-hydrogen) atoms. The van der Waals surface area contributed by atoms with Crippen LogP contribution in [0.5, 0.6) is 5.75 Å². The highest BCUT2D eigenvalue weighted by atomic mass is 35.5. The van der Waals surface area contributed by atoms with Crippen LogP contribution in [0.4, 0.5) is 0 Å². The van der Waals surface area contributed by atoms with Crippen molar-refractivity contribution in [1.29, 1.82) is 0 Å². The third-order valence-electron chi connectivity index (χ3n) is 3.71. The molecule has 3 aromatic rings. The van der Waals surface area contributed by atoms with Gasteiger partial charge in [0.25, 0.3) is 0 Å². The minimum absolute atomic E-state index is 0.491. The number of halogens is 1. The van der Waals surface area contributed by atoms with Gasteiger partial charge in [-0.2, -0.15) is 0 Å². The Hall–Kier alpha value is -2.36. The molecule has 3 aromatic carbocycles. The quantitative estimate of drug-likeness (QED) is 0.590. The zero-order valence-electron chi connectivity index (χ0n) is 13.6. The van der Waals surface area contributed by atoms with Crippen LogP contribution in [0.1, 0.15) is 16.7 Å². The van der Waals surface area contributed by atoms with E-state index in [2.05, 4.69) is 17.4 Å². The molecule has 0 fully saturated rings. The smallest absolute Gasteiger partial charge is 0.120 e. The number of nitrogens with one attached hydrogen (secondary N) is 1. The fraction of sp³-hybridized carbons (Fsp3) is 0.0952. The van der Waals surface area contributed by atoms with Crippen LogP contribution in [0.15, 0.2) is 78.9 Å². The van der Waals surface area contributed by atoms with Crippen LogP contribution in [0.2, 0.25) is 5.02 Å². The van der Waals surface area contributed by atoms with Crippen LogP contribution in [0, 0.1) is 0 Å². The molecule has 2 nitrogen and oxygen atoms in total. The van der Waals surface area contributed by atoms with Crippen molar-refractivity contribution in [1.82, 2.24) is 5.32 Å². The molecule has 0 aromatic heterocycles. The molecule has 0 saturated carbocycles. The van der Waals surface area contributed by atoms with Crippen molar-refractivity contribution in [2.45, 2.75) is 13.2 Å². The number of benzene rings is 3. The summed E-state index contributed by atoms with van der Waals surface area (Å²) in [7, 11) is 0. The van der Waals surface area contributed by atoms with E-state index in [1.165, 1.54) is 5.56 Å². The fourth-order valence-electron chi connectivity index (χ4n) is 2.35. The van der Waals surface area contributed by atoms with E-state index in [4.69, 9.17) is 28.6 Å². The molecule has 0 atom stereocenters. The Morgan fingerprint density at radius 2 is 1.64 bits per heavy atom. The predicted octanol–water partition coefficient (Wildman–Crippen LogP) is 5.38. The lowest BCUT2D eigenvalue weighted by atomic mass is 10.2. The van der Waals surface area contributed by atoms with Crippen LogP contribution < -0.4 is 10.1 Å². The van der Waals surface area contributed by atoms with E-state index in [-0.39, 0.29) is 0 Å². The van der Waals surface area contributed by atoms with E-state index in [9.17, 15) is 0 Å². The Morgan fingerprint density at radius 1 is 0.880 bits per heavy atom. The highest BCUT2D eigenvalue weighted by Gasteiger charge is 2.04. The van der Waals surface area contributed by atoms with Crippen molar-refractivity contribution in [3.05, 3.63) is 101 Å². The van der Waals surface area contributed by atoms with Gasteiger partial charge in [-0.1, -0.05) is 78.4 Å². The molecule has 0 heterocycles. The fourth-order valence-corrected chi connectivity index (χ4v) is 2.68. The van der Waals surface area contributed by atoms with Gasteiger partial charge in [-0.05, 0) is 35.4 Å². The molecular formula is C21H18ClNOS. The third-order valence-corrected chi connectivity index (χ3v) is 4.34. The molecule has 126 valence electrons. The van der Waals surface area contributed by atoms with Crippen molar-refractivity contribution in [3.8, 4) is 5.75 Å². The second kappa shape index (κ2) is 8.65. The van der Waals surface area contributed by atoms with E-state index in [1.54, 1.807) is 0 Å². The van der Waals surface area contributed by atoms with Gasteiger partial charge in [0.1, 0.15) is 17.3 Å². The van der Waals surface area contributed by atoms with Gasteiger partial charge in [0.05, 0.1) is 0 Å². The Labute approximate surface area is 158 Å². The second-order valence-corrected chi connectivity index (χ2v) is 6.46. The van der Waals surface area contributed by atoms with Gasteiger partial charge < -0.3 is 10.1 Å². The van der Waals surface area contributed by atoms with Crippen LogP contribution in [0.25, 0.3) is 0 Å². The number of rotatable bonds is 6. The molecular weight excluding hydrogens is 350 g/mol. The lowest BCUT2D eigenvalue weighted by molar-refractivity contribution is 0.306. The summed E-state index contributed by atoms with van der Waals surface area (Å²) in [5.41, 5.74) is 3.21. The summed E-state index contributed by atoms with van der Waals surface area (Å²) >= 11 is 11.4. The summed E-state index contributed by atoms with van der Waals surface area (Å²) in [6, 6.07) is 25.6. The highest BCUT2D eigenvalue weighted by Crippen LogP contribution is 2.17. The molecule has 0 aliphatic carbocycles. The molecule has 0 bridgehead atoms. The van der Waals surface area contributed by atoms with Gasteiger partial charge in [0, 0.05) is 17.1 Å². The van der Waals surface area contributed by atoms with Gasteiger partial charge in [-0.25, -0.2) is 0 Å². The van der Waals surface area contributed by atoms with Crippen LogP contribution >= 0.6 is 23.8 Å². The highest BCUT2D eigenvalue weighted by molar-refractivity contribution is 7.80. The zero-order chi connectivity index (χ0) is 17.5. The van der Waals surface area contributed by atoms with E-state index < -0.39 is 0 Å². The Balaban J connectivity index is 1.58. The van der Waals surface area contributed by atoms with E-state index in [0.29, 0.717) is 18.1 Å². The number of hydrogen-bond donors (Lipinski definition) is 1. The van der Waals surface area contributed by atoms with Crippen molar-refractivity contribution >= 4 is 28.8 Å². The van der Waals surface area contributed by atoms with E-state index in [0.717, 1.165) is 21.9 Å². The molecule has 0 aliphatic heterocycles. The molecule has 3 rings (SSSR count). The van der Waals surface area contributed by atoms with Crippen LogP contribution in [-0.2, 0) is 13.2 Å². The minimum atomic E-state index is 0.491. The van der Waals surface area contributed by atoms with Gasteiger partial charge in [0.2, 0.25) is 0 Å². The summed E-state index contributed by atoms with van der Waals surface area (Å²) in [5.74, 6) is 0.788. The summed E-state index contributed by atoms with van der Waals surface area (Å²) in [5, 5.41) is 4.01. The van der Waals surface area contributed by atoms with Crippen molar-refractivity contribution in [2.24, 2.45) is 0 Å². The number of ether oxygens (including phenoxy) is 1. The average molecular weight is 368 g/mol. The Morgan fingerprint density at radius 3 is 2.40 bits per heavy atom. The largest absolute Gasteiger partial charge is 0.489 e. The van der Waals surface area contributed by atoms with Crippen LogP contribution in [0.3, 0.4) is 0 Å². The summed E-state index contributed by atoms with van der Waals surface area (Å²) in [6.45, 7) is 1.19. The SMILES string of the molecule is S=C(NCc1ccccc1)c1cccc(OCc2ccc(Cl)cc2)c1. The Kier molecular flexibility index (Phi) is 6.04. The lowest BCUT2D eigenvalue weighted by Crippen LogP contribution is -2.21. The first kappa shape index (κ1) is 17.5. The van der Waals surface area contributed by atoms with Gasteiger partial charge in [-0.15, -0.1) is 0 Å². The maximum Gasteiger partial charge on any atom is 0.120 e. The third kappa shape index (κ3) is 5.31. The standard InChI is InChI=1S/C21H18ClNOS/c22-19-11-9-17(10-12-19)15-24-20-8-4-7-18(13-20)21(25)23-14-16-5-2-1-3-6-16/h1-13H,14-15H2,(H,23,25). The molecule has 0 amide bonds. The first-order valence-corrected chi connectivity index (χ1v) is 8.79. The van der Waals surface area contributed by atoms with Gasteiger partial charge >= 0.3 is 0 Å².